The molecular formula is C16H23N3O2. The quantitative estimate of drug-likeness (QED) is 0.864. The predicted molar refractivity (Wildman–Crippen MR) is 79.4 cm³/mol. The Kier molecular flexibility index (Phi) is 4.39. The molecule has 0 fully saturated rings. The van der Waals surface area contributed by atoms with Gasteiger partial charge in [-0.15, -0.1) is 0 Å². The number of carbonyl (C=O) groups is 1. The molecule has 0 aromatic carbocycles. The number of carbonyl (C=O) groups excluding carboxylic acids is 1. The minimum Gasteiger partial charge on any atom is -0.394 e. The number of allylic oxidation sites excluding steroid dienone is 1. The second kappa shape index (κ2) is 6.43. The first-order valence-electron chi connectivity index (χ1n) is 7.87. The summed E-state index contributed by atoms with van der Waals surface area (Å²) in [5.74, 6) is 0.136. The summed E-state index contributed by atoms with van der Waals surface area (Å²) in [6.07, 6.45) is 9.83. The van der Waals surface area contributed by atoms with E-state index < -0.39 is 0 Å². The third-order valence-electron chi connectivity index (χ3n) is 4.55. The highest BCUT2D eigenvalue weighted by atomic mass is 16.3. The van der Waals surface area contributed by atoms with Crippen LogP contribution < -0.4 is 0 Å². The van der Waals surface area contributed by atoms with Crippen molar-refractivity contribution < 1.29 is 9.90 Å². The topological polar surface area (TPSA) is 58.4 Å². The largest absolute Gasteiger partial charge is 0.394 e. The van der Waals surface area contributed by atoms with Gasteiger partial charge in [0.15, 0.2) is 0 Å². The normalized spacial score (nSPS) is 22.4. The van der Waals surface area contributed by atoms with Crippen molar-refractivity contribution in [3.8, 4) is 0 Å². The SMILES string of the molecule is O=C(CC1=CCCCC1)N1Cc2ccnn2CCC1CO. The molecule has 1 aliphatic carbocycles. The zero-order valence-corrected chi connectivity index (χ0v) is 12.4. The van der Waals surface area contributed by atoms with Crippen LogP contribution in [0.2, 0.25) is 0 Å². The molecule has 0 spiro atoms. The van der Waals surface area contributed by atoms with Crippen molar-refractivity contribution in [1.29, 1.82) is 0 Å². The highest BCUT2D eigenvalue weighted by Gasteiger charge is 2.27. The van der Waals surface area contributed by atoms with E-state index >= 15 is 0 Å². The number of amides is 1. The van der Waals surface area contributed by atoms with E-state index in [0.29, 0.717) is 13.0 Å². The standard InChI is InChI=1S/C16H23N3O2/c20-12-15-7-9-19-14(6-8-17-19)11-18(15)16(21)10-13-4-2-1-3-5-13/h4,6,8,15,20H,1-3,5,7,9-12H2. The van der Waals surface area contributed by atoms with Gasteiger partial charge in [-0.3, -0.25) is 9.48 Å². The van der Waals surface area contributed by atoms with Crippen molar-refractivity contribution in [3.05, 3.63) is 29.6 Å². The van der Waals surface area contributed by atoms with E-state index in [-0.39, 0.29) is 18.6 Å². The first-order chi connectivity index (χ1) is 10.3. The summed E-state index contributed by atoms with van der Waals surface area (Å²) in [5, 5.41) is 13.9. The fourth-order valence-corrected chi connectivity index (χ4v) is 3.27. The van der Waals surface area contributed by atoms with Crippen LogP contribution in [0, 0.1) is 0 Å². The van der Waals surface area contributed by atoms with Crippen LogP contribution in [0.5, 0.6) is 0 Å². The lowest BCUT2D eigenvalue weighted by Crippen LogP contribution is -2.41. The molecule has 5 nitrogen and oxygen atoms in total. The van der Waals surface area contributed by atoms with E-state index in [1.807, 2.05) is 15.6 Å². The van der Waals surface area contributed by atoms with Crippen LogP contribution in [0.3, 0.4) is 0 Å². The van der Waals surface area contributed by atoms with Crippen LogP contribution in [-0.2, 0) is 17.9 Å². The van der Waals surface area contributed by atoms with Gasteiger partial charge in [-0.2, -0.15) is 5.10 Å². The van der Waals surface area contributed by atoms with Gasteiger partial charge in [-0.05, 0) is 38.2 Å². The lowest BCUT2D eigenvalue weighted by molar-refractivity contribution is -0.134. The Morgan fingerprint density at radius 1 is 1.43 bits per heavy atom. The summed E-state index contributed by atoms with van der Waals surface area (Å²) in [5.41, 5.74) is 2.32. The van der Waals surface area contributed by atoms with Gasteiger partial charge in [0.2, 0.25) is 5.91 Å². The molecule has 114 valence electrons. The predicted octanol–water partition coefficient (Wildman–Crippen LogP) is 1.87. The van der Waals surface area contributed by atoms with Gasteiger partial charge in [0, 0.05) is 19.2 Å². The van der Waals surface area contributed by atoms with Gasteiger partial charge in [0.1, 0.15) is 0 Å². The van der Waals surface area contributed by atoms with Gasteiger partial charge in [-0.25, -0.2) is 0 Å². The number of hydrogen-bond acceptors (Lipinski definition) is 3. The summed E-state index contributed by atoms with van der Waals surface area (Å²) in [6.45, 7) is 1.34. The van der Waals surface area contributed by atoms with Crippen molar-refractivity contribution in [2.45, 2.75) is 57.7 Å². The number of rotatable bonds is 3. The van der Waals surface area contributed by atoms with E-state index in [4.69, 9.17) is 0 Å². The van der Waals surface area contributed by atoms with Crippen molar-refractivity contribution in [2.24, 2.45) is 0 Å². The highest BCUT2D eigenvalue weighted by molar-refractivity contribution is 5.79. The summed E-state index contributed by atoms with van der Waals surface area (Å²) in [4.78, 5) is 14.5. The molecular weight excluding hydrogens is 266 g/mol. The Morgan fingerprint density at radius 2 is 2.33 bits per heavy atom. The lowest BCUT2D eigenvalue weighted by Gasteiger charge is -2.29. The number of hydrogen-bond donors (Lipinski definition) is 1. The van der Waals surface area contributed by atoms with E-state index in [2.05, 4.69) is 11.2 Å². The molecule has 0 radical (unpaired) electrons. The van der Waals surface area contributed by atoms with Gasteiger partial charge in [0.05, 0.1) is 24.9 Å². The van der Waals surface area contributed by atoms with Gasteiger partial charge in [0.25, 0.3) is 0 Å². The summed E-state index contributed by atoms with van der Waals surface area (Å²) >= 11 is 0. The van der Waals surface area contributed by atoms with E-state index in [0.717, 1.165) is 31.5 Å². The van der Waals surface area contributed by atoms with Gasteiger partial charge >= 0.3 is 0 Å². The van der Waals surface area contributed by atoms with Crippen molar-refractivity contribution in [1.82, 2.24) is 14.7 Å². The molecule has 1 N–H and O–H groups in total. The molecule has 0 saturated heterocycles. The Hall–Kier alpha value is -1.62. The summed E-state index contributed by atoms with van der Waals surface area (Å²) < 4.78 is 1.94. The van der Waals surface area contributed by atoms with Crippen LogP contribution >= 0.6 is 0 Å². The fourth-order valence-electron chi connectivity index (χ4n) is 3.27. The summed E-state index contributed by atoms with van der Waals surface area (Å²) in [6, 6.07) is 1.86. The Morgan fingerprint density at radius 3 is 3.10 bits per heavy atom. The second-order valence-corrected chi connectivity index (χ2v) is 5.98. The average Bonchev–Trinajstić information content (AvgIpc) is 2.87. The average molecular weight is 289 g/mol. The Balaban J connectivity index is 1.74. The number of aliphatic hydroxyl groups excluding tert-OH is 1. The highest BCUT2D eigenvalue weighted by Crippen LogP contribution is 2.23. The smallest absolute Gasteiger partial charge is 0.227 e. The molecule has 1 amide bonds. The number of nitrogens with zero attached hydrogens (tertiary/aromatic N) is 3. The molecule has 1 aliphatic heterocycles. The maximum Gasteiger partial charge on any atom is 0.227 e. The first kappa shape index (κ1) is 14.3. The molecule has 0 saturated carbocycles. The monoisotopic (exact) mass is 289 g/mol. The minimum absolute atomic E-state index is 0.0234. The number of aromatic nitrogens is 2. The molecule has 5 heteroatoms. The fraction of sp³-hybridized carbons (Fsp3) is 0.625. The molecule has 1 unspecified atom stereocenters. The third kappa shape index (κ3) is 3.18. The lowest BCUT2D eigenvalue weighted by atomic mass is 9.96. The zero-order chi connectivity index (χ0) is 14.7. The Bertz CT molecular complexity index is 535. The number of fused-ring (bicyclic) bond motifs is 1. The van der Waals surface area contributed by atoms with Crippen LogP contribution in [0.15, 0.2) is 23.9 Å². The molecule has 21 heavy (non-hydrogen) atoms. The van der Waals surface area contributed by atoms with Crippen LogP contribution in [0.25, 0.3) is 0 Å². The van der Waals surface area contributed by atoms with Gasteiger partial charge < -0.3 is 10.0 Å². The van der Waals surface area contributed by atoms with Gasteiger partial charge in [-0.1, -0.05) is 11.6 Å². The maximum absolute atomic E-state index is 12.7. The van der Waals surface area contributed by atoms with Crippen LogP contribution in [0.1, 0.15) is 44.2 Å². The zero-order valence-electron chi connectivity index (χ0n) is 12.4. The number of aliphatic hydroxyl groups is 1. The summed E-state index contributed by atoms with van der Waals surface area (Å²) in [7, 11) is 0. The van der Waals surface area contributed by atoms with E-state index in [1.165, 1.54) is 18.4 Å². The molecule has 1 atom stereocenters. The second-order valence-electron chi connectivity index (χ2n) is 5.98. The number of aryl methyl sites for hydroxylation is 1. The molecule has 3 rings (SSSR count). The molecule has 2 aliphatic rings. The molecule has 1 aromatic rings. The van der Waals surface area contributed by atoms with E-state index in [1.54, 1.807) is 6.20 Å². The molecule has 2 heterocycles. The van der Waals surface area contributed by atoms with Crippen molar-refractivity contribution in [3.63, 3.8) is 0 Å². The van der Waals surface area contributed by atoms with E-state index in [9.17, 15) is 9.90 Å². The van der Waals surface area contributed by atoms with Crippen molar-refractivity contribution >= 4 is 5.91 Å². The Labute approximate surface area is 125 Å². The van der Waals surface area contributed by atoms with Crippen LogP contribution in [-0.4, -0.2) is 38.3 Å². The maximum atomic E-state index is 12.7. The molecule has 1 aromatic heterocycles. The third-order valence-corrected chi connectivity index (χ3v) is 4.55. The first-order valence-corrected chi connectivity index (χ1v) is 7.87. The minimum atomic E-state index is -0.0941. The van der Waals surface area contributed by atoms with Crippen molar-refractivity contribution in [2.75, 3.05) is 6.61 Å². The molecule has 0 bridgehead atoms. The van der Waals surface area contributed by atoms with Crippen LogP contribution in [0.4, 0.5) is 0 Å².